The van der Waals surface area contributed by atoms with Gasteiger partial charge in [0.1, 0.15) is 0 Å². The zero-order valence-corrected chi connectivity index (χ0v) is 13.9. The number of hydrogen-bond acceptors (Lipinski definition) is 3. The van der Waals surface area contributed by atoms with Gasteiger partial charge >= 0.3 is 11.9 Å². The van der Waals surface area contributed by atoms with Gasteiger partial charge in [0.05, 0.1) is 18.2 Å². The number of hydrogen-bond donors (Lipinski definition) is 1. The average Bonchev–Trinajstić information content (AvgIpc) is 2.49. The second-order valence-electron chi connectivity index (χ2n) is 5.16. The molecule has 0 atom stereocenters. The quantitative estimate of drug-likeness (QED) is 0.522. The van der Waals surface area contributed by atoms with E-state index in [2.05, 4.69) is 0 Å². The number of methoxy groups -OCH3 is 1. The maximum absolute atomic E-state index is 11.6. The summed E-state index contributed by atoms with van der Waals surface area (Å²) < 4.78 is 4.69. The number of ether oxygens (including phenoxy) is 1. The molecule has 0 bridgehead atoms. The van der Waals surface area contributed by atoms with Crippen LogP contribution in [0.3, 0.4) is 0 Å². The van der Waals surface area contributed by atoms with Crippen molar-refractivity contribution in [1.29, 1.82) is 0 Å². The van der Waals surface area contributed by atoms with Crippen LogP contribution in [0.2, 0.25) is 0 Å². The molecule has 1 aromatic rings. The molecule has 0 saturated carbocycles. The first-order valence-electron chi connectivity index (χ1n) is 7.02. The summed E-state index contributed by atoms with van der Waals surface area (Å²) in [6.07, 6.45) is 4.89. The number of carbonyl (C=O) groups excluding carboxylic acids is 1. The molecular formula is C18H22O4. The topological polar surface area (TPSA) is 63.6 Å². The Morgan fingerprint density at radius 1 is 1.00 bits per heavy atom. The van der Waals surface area contributed by atoms with Crippen molar-refractivity contribution in [3.05, 3.63) is 51.1 Å². The van der Waals surface area contributed by atoms with Crippen LogP contribution in [0.1, 0.15) is 45.1 Å². The molecule has 0 aliphatic rings. The normalized spacial score (nSPS) is 11.8. The van der Waals surface area contributed by atoms with Gasteiger partial charge in [-0.05, 0) is 68.5 Å². The summed E-state index contributed by atoms with van der Waals surface area (Å²) >= 11 is 0. The smallest absolute Gasteiger partial charge is 0.337 e. The molecule has 4 nitrogen and oxygen atoms in total. The van der Waals surface area contributed by atoms with E-state index >= 15 is 0 Å². The molecule has 0 fully saturated rings. The standard InChI is InChI=1S/C18H22O4/c1-7-14(18(21)22-6)8-9-15-12(4)10(2)11(3)13(5)16(15)17(19)20/h7-9H,1-6H3,(H,19,20). The van der Waals surface area contributed by atoms with Gasteiger partial charge in [-0.25, -0.2) is 9.59 Å². The molecule has 0 amide bonds. The lowest BCUT2D eigenvalue weighted by Gasteiger charge is -2.16. The van der Waals surface area contributed by atoms with E-state index in [1.165, 1.54) is 7.11 Å². The van der Waals surface area contributed by atoms with Gasteiger partial charge in [-0.1, -0.05) is 12.2 Å². The predicted molar refractivity (Wildman–Crippen MR) is 87.2 cm³/mol. The highest BCUT2D eigenvalue weighted by molar-refractivity contribution is 5.97. The summed E-state index contributed by atoms with van der Waals surface area (Å²) in [5, 5.41) is 9.52. The Balaban J connectivity index is 3.54. The molecular weight excluding hydrogens is 280 g/mol. The third-order valence-corrected chi connectivity index (χ3v) is 4.11. The summed E-state index contributed by atoms with van der Waals surface area (Å²) in [5.41, 5.74) is 4.96. The number of esters is 1. The van der Waals surface area contributed by atoms with Crippen LogP contribution >= 0.6 is 0 Å². The highest BCUT2D eigenvalue weighted by Gasteiger charge is 2.18. The van der Waals surface area contributed by atoms with Crippen LogP contribution in [0, 0.1) is 27.7 Å². The summed E-state index contributed by atoms with van der Waals surface area (Å²) in [7, 11) is 1.31. The number of allylic oxidation sites excluding steroid dienone is 1. The third kappa shape index (κ3) is 3.27. The minimum atomic E-state index is -0.969. The number of rotatable bonds is 4. The van der Waals surface area contributed by atoms with Gasteiger partial charge in [0.25, 0.3) is 0 Å². The van der Waals surface area contributed by atoms with E-state index in [9.17, 15) is 14.7 Å². The molecule has 0 aromatic heterocycles. The first-order valence-corrected chi connectivity index (χ1v) is 7.02. The monoisotopic (exact) mass is 302 g/mol. The molecule has 1 N–H and O–H groups in total. The molecule has 0 spiro atoms. The van der Waals surface area contributed by atoms with Crippen LogP contribution in [-0.2, 0) is 9.53 Å². The third-order valence-electron chi connectivity index (χ3n) is 4.11. The van der Waals surface area contributed by atoms with Crippen molar-refractivity contribution in [3.8, 4) is 0 Å². The van der Waals surface area contributed by atoms with Crippen LogP contribution in [-0.4, -0.2) is 24.2 Å². The van der Waals surface area contributed by atoms with E-state index in [1.54, 1.807) is 32.1 Å². The summed E-state index contributed by atoms with van der Waals surface area (Å²) in [6.45, 7) is 9.31. The fourth-order valence-electron chi connectivity index (χ4n) is 2.40. The Hall–Kier alpha value is -2.36. The van der Waals surface area contributed by atoms with E-state index in [-0.39, 0.29) is 5.56 Å². The minimum absolute atomic E-state index is 0.275. The van der Waals surface area contributed by atoms with E-state index in [0.29, 0.717) is 11.1 Å². The fourth-order valence-corrected chi connectivity index (χ4v) is 2.40. The van der Waals surface area contributed by atoms with Crippen LogP contribution < -0.4 is 0 Å². The van der Waals surface area contributed by atoms with E-state index in [4.69, 9.17) is 4.74 Å². The molecule has 118 valence electrons. The maximum atomic E-state index is 11.6. The van der Waals surface area contributed by atoms with Crippen molar-refractivity contribution >= 4 is 18.0 Å². The molecule has 0 heterocycles. The Kier molecular flexibility index (Phi) is 5.69. The molecule has 4 heteroatoms. The lowest BCUT2D eigenvalue weighted by Crippen LogP contribution is -2.09. The Labute approximate surface area is 131 Å². The molecule has 0 radical (unpaired) electrons. The zero-order valence-electron chi connectivity index (χ0n) is 13.9. The van der Waals surface area contributed by atoms with E-state index in [1.807, 2.05) is 20.8 Å². The van der Waals surface area contributed by atoms with Crippen molar-refractivity contribution in [2.24, 2.45) is 0 Å². The SMILES string of the molecule is CC=C(C=Cc1c(C)c(C)c(C)c(C)c1C(=O)O)C(=O)OC. The van der Waals surface area contributed by atoms with Crippen LogP contribution in [0.5, 0.6) is 0 Å². The molecule has 0 saturated heterocycles. The predicted octanol–water partition coefficient (Wildman–Crippen LogP) is 3.75. The maximum Gasteiger partial charge on any atom is 0.337 e. The van der Waals surface area contributed by atoms with Crippen molar-refractivity contribution in [3.63, 3.8) is 0 Å². The van der Waals surface area contributed by atoms with Crippen molar-refractivity contribution in [2.75, 3.05) is 7.11 Å². The van der Waals surface area contributed by atoms with Crippen LogP contribution in [0.15, 0.2) is 17.7 Å². The van der Waals surface area contributed by atoms with Crippen LogP contribution in [0.25, 0.3) is 6.08 Å². The first kappa shape index (κ1) is 17.7. The first-order chi connectivity index (χ1) is 10.3. The largest absolute Gasteiger partial charge is 0.478 e. The highest BCUT2D eigenvalue weighted by Crippen LogP contribution is 2.28. The number of benzene rings is 1. The van der Waals surface area contributed by atoms with Crippen LogP contribution in [0.4, 0.5) is 0 Å². The van der Waals surface area contributed by atoms with Gasteiger partial charge in [-0.3, -0.25) is 0 Å². The van der Waals surface area contributed by atoms with Gasteiger partial charge in [-0.2, -0.15) is 0 Å². The lowest BCUT2D eigenvalue weighted by molar-refractivity contribution is -0.135. The second-order valence-corrected chi connectivity index (χ2v) is 5.16. The molecule has 0 aliphatic carbocycles. The van der Waals surface area contributed by atoms with E-state index in [0.717, 1.165) is 22.3 Å². The number of carboxylic acid groups (broad SMARTS) is 1. The molecule has 0 aliphatic heterocycles. The zero-order chi connectivity index (χ0) is 17.0. The van der Waals surface area contributed by atoms with E-state index < -0.39 is 11.9 Å². The Bertz CT molecular complexity index is 679. The highest BCUT2D eigenvalue weighted by atomic mass is 16.5. The van der Waals surface area contributed by atoms with Gasteiger partial charge < -0.3 is 9.84 Å². The molecule has 1 aromatic carbocycles. The number of carbonyl (C=O) groups is 2. The van der Waals surface area contributed by atoms with Gasteiger partial charge in [0.15, 0.2) is 0 Å². The van der Waals surface area contributed by atoms with Crippen molar-refractivity contribution in [2.45, 2.75) is 34.6 Å². The Morgan fingerprint density at radius 3 is 2.00 bits per heavy atom. The molecule has 1 rings (SSSR count). The summed E-state index contributed by atoms with van der Waals surface area (Å²) in [4.78, 5) is 23.2. The summed E-state index contributed by atoms with van der Waals surface area (Å²) in [5.74, 6) is -1.42. The van der Waals surface area contributed by atoms with Gasteiger partial charge in [-0.15, -0.1) is 0 Å². The fraction of sp³-hybridized carbons (Fsp3) is 0.333. The molecule has 0 unspecified atom stereocenters. The number of aromatic carboxylic acids is 1. The van der Waals surface area contributed by atoms with Crippen molar-refractivity contribution < 1.29 is 19.4 Å². The lowest BCUT2D eigenvalue weighted by atomic mass is 9.88. The number of carboxylic acids is 1. The average molecular weight is 302 g/mol. The Morgan fingerprint density at radius 2 is 1.55 bits per heavy atom. The minimum Gasteiger partial charge on any atom is -0.478 e. The van der Waals surface area contributed by atoms with Crippen molar-refractivity contribution in [1.82, 2.24) is 0 Å². The van der Waals surface area contributed by atoms with Gasteiger partial charge in [0, 0.05) is 0 Å². The second kappa shape index (κ2) is 7.07. The molecule has 22 heavy (non-hydrogen) atoms. The summed E-state index contributed by atoms with van der Waals surface area (Å²) in [6, 6.07) is 0. The van der Waals surface area contributed by atoms with Gasteiger partial charge in [0.2, 0.25) is 0 Å².